The van der Waals surface area contributed by atoms with Crippen molar-refractivity contribution in [1.82, 2.24) is 14.4 Å². The van der Waals surface area contributed by atoms with E-state index in [-0.39, 0.29) is 22.0 Å². The lowest BCUT2D eigenvalue weighted by molar-refractivity contribution is -0.142. The minimum atomic E-state index is -3.91. The van der Waals surface area contributed by atoms with E-state index in [0.29, 0.717) is 23.7 Å². The van der Waals surface area contributed by atoms with Crippen molar-refractivity contribution < 1.29 is 22.7 Å². The molecule has 1 aliphatic rings. The fraction of sp³-hybridized carbons (Fsp3) is 0.435. The Labute approximate surface area is 215 Å². The van der Waals surface area contributed by atoms with E-state index in [1.807, 2.05) is 0 Å². The molecule has 1 atom stereocenters. The van der Waals surface area contributed by atoms with Crippen LogP contribution >= 0.6 is 23.2 Å². The number of carbonyl (C=O) groups excluding carboxylic acids is 2. The Kier molecular flexibility index (Phi) is 9.88. The molecule has 3 rings (SSSR count). The summed E-state index contributed by atoms with van der Waals surface area (Å²) in [5.41, 5.74) is 1.23. The minimum Gasteiger partial charge on any atom is -0.468 e. The summed E-state index contributed by atoms with van der Waals surface area (Å²) in [5, 5.41) is 2.94. The van der Waals surface area contributed by atoms with Gasteiger partial charge in [0.05, 0.1) is 22.7 Å². The Bertz CT molecular complexity index is 1120. The highest BCUT2D eigenvalue weighted by Gasteiger charge is 2.26. The van der Waals surface area contributed by atoms with Gasteiger partial charge in [0.1, 0.15) is 6.04 Å². The molecule has 1 saturated carbocycles. The Balaban J connectivity index is 1.62. The minimum absolute atomic E-state index is 0.0627. The van der Waals surface area contributed by atoms with Crippen molar-refractivity contribution in [2.24, 2.45) is 5.92 Å². The van der Waals surface area contributed by atoms with Crippen LogP contribution in [0.1, 0.15) is 48.0 Å². The number of nitrogens with zero attached hydrogens (tertiary/aromatic N) is 1. The second kappa shape index (κ2) is 12.6. The molecule has 1 aromatic carbocycles. The van der Waals surface area contributed by atoms with Gasteiger partial charge in [0.2, 0.25) is 0 Å². The lowest BCUT2D eigenvalue weighted by Gasteiger charge is -2.23. The van der Waals surface area contributed by atoms with E-state index >= 15 is 0 Å². The second-order valence-electron chi connectivity index (χ2n) is 8.38. The standard InChI is InChI=1S/C23H28Cl2N4O5S/c1-34-23(31)20(29-35(32,33)27-12-16-5-3-2-4-6-16)11-15-7-9-17(10-8-15)28-22(30)21-18(24)13-26-14-19(21)25/h7-10,13-14,16,20,27,29H,2-6,11-12H2,1H3,(H,28,30)/t20-/m0/s1. The van der Waals surface area contributed by atoms with Crippen LogP contribution in [-0.2, 0) is 26.2 Å². The zero-order valence-corrected chi connectivity index (χ0v) is 21.5. The molecule has 0 bridgehead atoms. The van der Waals surface area contributed by atoms with Crippen LogP contribution in [0.4, 0.5) is 5.69 Å². The number of hydrogen-bond acceptors (Lipinski definition) is 6. The maximum Gasteiger partial charge on any atom is 0.324 e. The van der Waals surface area contributed by atoms with Crippen molar-refractivity contribution in [3.05, 3.63) is 57.8 Å². The largest absolute Gasteiger partial charge is 0.468 e. The van der Waals surface area contributed by atoms with Gasteiger partial charge in [-0.25, -0.2) is 4.72 Å². The average Bonchev–Trinajstić information content (AvgIpc) is 2.83. The van der Waals surface area contributed by atoms with Gasteiger partial charge in [0.25, 0.3) is 16.1 Å². The summed E-state index contributed by atoms with van der Waals surface area (Å²) in [6.45, 7) is 0.336. The quantitative estimate of drug-likeness (QED) is 0.392. The molecule has 0 saturated heterocycles. The van der Waals surface area contributed by atoms with Crippen LogP contribution in [0.2, 0.25) is 10.0 Å². The van der Waals surface area contributed by atoms with E-state index < -0.39 is 28.1 Å². The van der Waals surface area contributed by atoms with E-state index in [2.05, 4.69) is 19.7 Å². The second-order valence-corrected chi connectivity index (χ2v) is 10.7. The van der Waals surface area contributed by atoms with Crippen LogP contribution in [-0.4, -0.2) is 45.0 Å². The molecule has 2 aromatic rings. The highest BCUT2D eigenvalue weighted by atomic mass is 35.5. The fourth-order valence-electron chi connectivity index (χ4n) is 3.94. The lowest BCUT2D eigenvalue weighted by Crippen LogP contribution is -2.48. The van der Waals surface area contributed by atoms with E-state index in [1.54, 1.807) is 24.3 Å². The Morgan fingerprint density at radius 3 is 2.31 bits per heavy atom. The van der Waals surface area contributed by atoms with E-state index in [1.165, 1.54) is 25.9 Å². The first-order chi connectivity index (χ1) is 16.7. The summed E-state index contributed by atoms with van der Waals surface area (Å²) in [5.74, 6) is -0.900. The van der Waals surface area contributed by atoms with Gasteiger partial charge in [-0.2, -0.15) is 13.1 Å². The molecule has 0 unspecified atom stereocenters. The molecule has 1 fully saturated rings. The Hall–Kier alpha value is -2.24. The Morgan fingerprint density at radius 1 is 1.09 bits per heavy atom. The number of nitrogens with one attached hydrogen (secondary N) is 3. The number of pyridine rings is 1. The number of halogens is 2. The molecule has 35 heavy (non-hydrogen) atoms. The van der Waals surface area contributed by atoms with Crippen molar-refractivity contribution in [1.29, 1.82) is 0 Å². The third-order valence-electron chi connectivity index (χ3n) is 5.80. The number of hydrogen-bond donors (Lipinski definition) is 3. The maximum atomic E-state index is 12.6. The van der Waals surface area contributed by atoms with Gasteiger partial charge in [0, 0.05) is 24.6 Å². The summed E-state index contributed by atoms with van der Waals surface area (Å²) in [6, 6.07) is 5.48. The summed E-state index contributed by atoms with van der Waals surface area (Å²) >= 11 is 12.0. The highest BCUT2D eigenvalue weighted by Crippen LogP contribution is 2.25. The molecule has 9 nitrogen and oxygen atoms in total. The number of esters is 1. The molecular weight excluding hydrogens is 515 g/mol. The van der Waals surface area contributed by atoms with Gasteiger partial charge >= 0.3 is 5.97 Å². The number of ether oxygens (including phenoxy) is 1. The zero-order valence-electron chi connectivity index (χ0n) is 19.2. The van der Waals surface area contributed by atoms with Crippen LogP contribution in [0.25, 0.3) is 0 Å². The van der Waals surface area contributed by atoms with Crippen LogP contribution < -0.4 is 14.8 Å². The van der Waals surface area contributed by atoms with E-state index in [9.17, 15) is 18.0 Å². The molecule has 1 heterocycles. The molecule has 3 N–H and O–H groups in total. The van der Waals surface area contributed by atoms with Crippen LogP contribution in [0.15, 0.2) is 36.7 Å². The van der Waals surface area contributed by atoms with Gasteiger partial charge in [0.15, 0.2) is 0 Å². The summed E-state index contributed by atoms with van der Waals surface area (Å²) < 4.78 is 34.9. The fourth-order valence-corrected chi connectivity index (χ4v) is 5.57. The summed E-state index contributed by atoms with van der Waals surface area (Å²) in [7, 11) is -2.70. The van der Waals surface area contributed by atoms with Crippen molar-refractivity contribution >= 4 is 51.0 Å². The van der Waals surface area contributed by atoms with Crippen LogP contribution in [0, 0.1) is 5.92 Å². The normalized spacial score (nSPS) is 15.4. The SMILES string of the molecule is COC(=O)[C@H](Cc1ccc(NC(=O)c2c(Cl)cncc2Cl)cc1)NS(=O)(=O)NCC1CCCCC1. The van der Waals surface area contributed by atoms with E-state index in [0.717, 1.165) is 25.7 Å². The molecule has 1 aliphatic carbocycles. The number of aromatic nitrogens is 1. The Morgan fingerprint density at radius 2 is 1.71 bits per heavy atom. The molecule has 1 amide bonds. The number of benzene rings is 1. The highest BCUT2D eigenvalue weighted by molar-refractivity contribution is 7.87. The van der Waals surface area contributed by atoms with Crippen molar-refractivity contribution in [2.75, 3.05) is 19.0 Å². The van der Waals surface area contributed by atoms with Crippen molar-refractivity contribution in [2.45, 2.75) is 44.6 Å². The average molecular weight is 543 g/mol. The third-order valence-corrected chi connectivity index (χ3v) is 7.52. The molecule has 0 radical (unpaired) electrons. The van der Waals surface area contributed by atoms with Crippen LogP contribution in [0.3, 0.4) is 0 Å². The van der Waals surface area contributed by atoms with E-state index in [4.69, 9.17) is 27.9 Å². The lowest BCUT2D eigenvalue weighted by atomic mass is 9.90. The number of amides is 1. The topological polar surface area (TPSA) is 126 Å². The van der Waals surface area contributed by atoms with Gasteiger partial charge in [-0.15, -0.1) is 0 Å². The molecule has 0 aliphatic heterocycles. The van der Waals surface area contributed by atoms with Gasteiger partial charge in [-0.05, 0) is 42.9 Å². The molecule has 12 heteroatoms. The van der Waals surface area contributed by atoms with Crippen molar-refractivity contribution in [3.63, 3.8) is 0 Å². The van der Waals surface area contributed by atoms with Gasteiger partial charge in [-0.3, -0.25) is 14.6 Å². The molecular formula is C23H28Cl2N4O5S. The molecule has 190 valence electrons. The number of methoxy groups -OCH3 is 1. The predicted octanol–water partition coefficient (Wildman–Crippen LogP) is 3.73. The monoisotopic (exact) mass is 542 g/mol. The number of rotatable bonds is 10. The number of carbonyl (C=O) groups is 2. The summed E-state index contributed by atoms with van der Waals surface area (Å²) in [6.07, 6.45) is 8.07. The predicted molar refractivity (Wildman–Crippen MR) is 135 cm³/mol. The third kappa shape index (κ3) is 8.15. The van der Waals surface area contributed by atoms with Gasteiger partial charge < -0.3 is 10.1 Å². The first-order valence-corrected chi connectivity index (χ1v) is 13.5. The smallest absolute Gasteiger partial charge is 0.324 e. The first kappa shape index (κ1) is 27.3. The number of anilines is 1. The zero-order chi connectivity index (χ0) is 25.4. The maximum absolute atomic E-state index is 12.6. The summed E-state index contributed by atoms with van der Waals surface area (Å²) in [4.78, 5) is 28.6. The van der Waals surface area contributed by atoms with Crippen LogP contribution in [0.5, 0.6) is 0 Å². The van der Waals surface area contributed by atoms with Gasteiger partial charge in [-0.1, -0.05) is 54.6 Å². The molecule has 1 aromatic heterocycles. The van der Waals surface area contributed by atoms with Crippen molar-refractivity contribution in [3.8, 4) is 0 Å². The first-order valence-electron chi connectivity index (χ1n) is 11.2. The molecule has 0 spiro atoms.